The summed E-state index contributed by atoms with van der Waals surface area (Å²) in [6, 6.07) is 0. The van der Waals surface area contributed by atoms with Gasteiger partial charge in [0.15, 0.2) is 0 Å². The molecular formula is C11H20O3. The molecule has 0 aliphatic carbocycles. The molecule has 0 radical (unpaired) electrons. The van der Waals surface area contributed by atoms with Crippen molar-refractivity contribution in [2.45, 2.75) is 27.7 Å². The minimum atomic E-state index is 0.508. The van der Waals surface area contributed by atoms with Crippen LogP contribution in [0.3, 0.4) is 0 Å². The Morgan fingerprint density at radius 3 is 1.71 bits per heavy atom. The summed E-state index contributed by atoms with van der Waals surface area (Å²) >= 11 is 0. The van der Waals surface area contributed by atoms with Crippen LogP contribution in [0, 0.1) is 0 Å². The molecule has 0 aromatic carbocycles. The summed E-state index contributed by atoms with van der Waals surface area (Å²) < 4.78 is 15.9. The third kappa shape index (κ3) is 4.21. The Hall–Kier alpha value is -1.12. The van der Waals surface area contributed by atoms with Gasteiger partial charge in [0, 0.05) is 0 Å². The molecule has 0 spiro atoms. The molecule has 0 aliphatic rings. The van der Waals surface area contributed by atoms with Gasteiger partial charge in [-0.25, -0.2) is 0 Å². The maximum Gasteiger partial charge on any atom is 0.285 e. The van der Waals surface area contributed by atoms with Crippen LogP contribution in [0.1, 0.15) is 27.7 Å². The Balaban J connectivity index is 4.51. The zero-order valence-electron chi connectivity index (χ0n) is 9.55. The fourth-order valence-corrected chi connectivity index (χ4v) is 0.917. The highest BCUT2D eigenvalue weighted by Gasteiger charge is 2.08. The van der Waals surface area contributed by atoms with Gasteiger partial charge in [0.25, 0.3) is 5.95 Å². The second-order valence-electron chi connectivity index (χ2n) is 2.63. The van der Waals surface area contributed by atoms with Crippen molar-refractivity contribution in [3.05, 3.63) is 23.9 Å². The van der Waals surface area contributed by atoms with E-state index in [4.69, 9.17) is 14.2 Å². The summed E-state index contributed by atoms with van der Waals surface area (Å²) in [6.45, 7) is 13.2. The van der Waals surface area contributed by atoms with Crippen molar-refractivity contribution in [2.75, 3.05) is 19.8 Å². The van der Waals surface area contributed by atoms with Crippen LogP contribution in [-0.2, 0) is 14.2 Å². The van der Waals surface area contributed by atoms with E-state index >= 15 is 0 Å². The lowest BCUT2D eigenvalue weighted by atomic mass is 10.3. The van der Waals surface area contributed by atoms with Crippen molar-refractivity contribution in [3.8, 4) is 0 Å². The molecule has 0 atom stereocenters. The van der Waals surface area contributed by atoms with Crippen molar-refractivity contribution in [2.24, 2.45) is 0 Å². The molecule has 0 aromatic heterocycles. The van der Waals surface area contributed by atoms with Crippen molar-refractivity contribution < 1.29 is 14.2 Å². The van der Waals surface area contributed by atoms with E-state index in [0.717, 1.165) is 5.57 Å². The number of rotatable bonds is 7. The quantitative estimate of drug-likeness (QED) is 0.467. The third-order valence-electron chi connectivity index (χ3n) is 1.59. The number of hydrogen-bond donors (Lipinski definition) is 0. The van der Waals surface area contributed by atoms with Gasteiger partial charge in [0.05, 0.1) is 25.4 Å². The Morgan fingerprint density at radius 1 is 0.929 bits per heavy atom. The Morgan fingerprint density at radius 2 is 1.36 bits per heavy atom. The minimum Gasteiger partial charge on any atom is -0.494 e. The first-order chi connectivity index (χ1) is 6.67. The molecule has 0 amide bonds. The maximum absolute atomic E-state index is 5.33. The first-order valence-electron chi connectivity index (χ1n) is 4.95. The average molecular weight is 200 g/mol. The first-order valence-corrected chi connectivity index (χ1v) is 4.95. The normalized spacial score (nSPS) is 9.14. The molecular weight excluding hydrogens is 180 g/mol. The van der Waals surface area contributed by atoms with Crippen molar-refractivity contribution in [1.29, 1.82) is 0 Å². The smallest absolute Gasteiger partial charge is 0.285 e. The molecule has 0 aromatic rings. The molecule has 0 bridgehead atoms. The molecule has 0 unspecified atom stereocenters. The Kier molecular flexibility index (Phi) is 6.72. The summed E-state index contributed by atoms with van der Waals surface area (Å²) in [6.07, 6.45) is 0. The van der Waals surface area contributed by atoms with Gasteiger partial charge in [-0.05, 0) is 27.7 Å². The van der Waals surface area contributed by atoms with E-state index < -0.39 is 0 Å². The van der Waals surface area contributed by atoms with Gasteiger partial charge < -0.3 is 14.2 Å². The van der Waals surface area contributed by atoms with Gasteiger partial charge in [-0.15, -0.1) is 0 Å². The van der Waals surface area contributed by atoms with E-state index in [-0.39, 0.29) is 0 Å². The summed E-state index contributed by atoms with van der Waals surface area (Å²) in [5.74, 6) is 1.11. The van der Waals surface area contributed by atoms with Crippen LogP contribution in [0.2, 0.25) is 0 Å². The molecule has 0 fully saturated rings. The van der Waals surface area contributed by atoms with Crippen LogP contribution in [0.5, 0.6) is 0 Å². The van der Waals surface area contributed by atoms with E-state index in [1.807, 2.05) is 27.7 Å². The maximum atomic E-state index is 5.33. The van der Waals surface area contributed by atoms with Crippen LogP contribution in [0.25, 0.3) is 0 Å². The molecule has 0 N–H and O–H groups in total. The largest absolute Gasteiger partial charge is 0.494 e. The minimum absolute atomic E-state index is 0.508. The predicted molar refractivity (Wildman–Crippen MR) is 56.7 cm³/mol. The van der Waals surface area contributed by atoms with Crippen LogP contribution >= 0.6 is 0 Å². The van der Waals surface area contributed by atoms with E-state index in [0.29, 0.717) is 31.5 Å². The van der Waals surface area contributed by atoms with E-state index in [1.54, 1.807) is 0 Å². The SMILES string of the molecule is C=C(OCC)C(C)=C(OCC)OCC. The molecule has 0 saturated heterocycles. The zero-order valence-corrected chi connectivity index (χ0v) is 9.55. The molecule has 3 heteroatoms. The van der Waals surface area contributed by atoms with E-state index in [1.165, 1.54) is 0 Å². The Labute approximate surface area is 86.4 Å². The molecule has 0 saturated carbocycles. The summed E-state index contributed by atoms with van der Waals surface area (Å²) in [4.78, 5) is 0. The van der Waals surface area contributed by atoms with Crippen molar-refractivity contribution in [1.82, 2.24) is 0 Å². The molecule has 3 nitrogen and oxygen atoms in total. The van der Waals surface area contributed by atoms with Crippen LogP contribution < -0.4 is 0 Å². The number of allylic oxidation sites excluding steroid dienone is 1. The lowest BCUT2D eigenvalue weighted by Gasteiger charge is -2.14. The van der Waals surface area contributed by atoms with Crippen LogP contribution in [0.15, 0.2) is 23.9 Å². The summed E-state index contributed by atoms with van der Waals surface area (Å²) in [5.41, 5.74) is 0.815. The van der Waals surface area contributed by atoms with E-state index in [2.05, 4.69) is 6.58 Å². The highest BCUT2D eigenvalue weighted by molar-refractivity contribution is 5.21. The van der Waals surface area contributed by atoms with Crippen molar-refractivity contribution >= 4 is 0 Å². The van der Waals surface area contributed by atoms with Crippen LogP contribution in [0.4, 0.5) is 0 Å². The van der Waals surface area contributed by atoms with Gasteiger partial charge in [-0.1, -0.05) is 6.58 Å². The topological polar surface area (TPSA) is 27.7 Å². The Bertz CT molecular complexity index is 199. The first kappa shape index (κ1) is 12.9. The molecule has 14 heavy (non-hydrogen) atoms. The monoisotopic (exact) mass is 200 g/mol. The van der Waals surface area contributed by atoms with Gasteiger partial charge in [0.2, 0.25) is 0 Å². The van der Waals surface area contributed by atoms with Gasteiger partial charge in [0.1, 0.15) is 5.76 Å². The fourth-order valence-electron chi connectivity index (χ4n) is 0.917. The molecule has 0 aliphatic heterocycles. The van der Waals surface area contributed by atoms with E-state index in [9.17, 15) is 0 Å². The standard InChI is InChI=1S/C11H20O3/c1-6-12-10(5)9(4)11(13-7-2)14-8-3/h5-8H2,1-4H3. The van der Waals surface area contributed by atoms with Gasteiger partial charge in [-0.3, -0.25) is 0 Å². The molecule has 0 heterocycles. The lowest BCUT2D eigenvalue weighted by molar-refractivity contribution is 0.0411. The van der Waals surface area contributed by atoms with Crippen molar-refractivity contribution in [3.63, 3.8) is 0 Å². The molecule has 82 valence electrons. The average Bonchev–Trinajstić information content (AvgIpc) is 2.17. The summed E-state index contributed by atoms with van der Waals surface area (Å²) in [5, 5.41) is 0. The highest BCUT2D eigenvalue weighted by atomic mass is 16.7. The fraction of sp³-hybridized carbons (Fsp3) is 0.636. The number of ether oxygens (including phenoxy) is 3. The molecule has 0 rings (SSSR count). The second-order valence-corrected chi connectivity index (χ2v) is 2.63. The summed E-state index contributed by atoms with van der Waals surface area (Å²) in [7, 11) is 0. The zero-order chi connectivity index (χ0) is 11.0. The second kappa shape index (κ2) is 7.30. The highest BCUT2D eigenvalue weighted by Crippen LogP contribution is 2.16. The van der Waals surface area contributed by atoms with Gasteiger partial charge in [-0.2, -0.15) is 0 Å². The lowest BCUT2D eigenvalue weighted by Crippen LogP contribution is -2.03. The third-order valence-corrected chi connectivity index (χ3v) is 1.59. The predicted octanol–water partition coefficient (Wildman–Crippen LogP) is 2.84. The number of hydrogen-bond acceptors (Lipinski definition) is 3. The van der Waals surface area contributed by atoms with Gasteiger partial charge >= 0.3 is 0 Å². The van der Waals surface area contributed by atoms with Crippen LogP contribution in [-0.4, -0.2) is 19.8 Å².